The summed E-state index contributed by atoms with van der Waals surface area (Å²) in [6.07, 6.45) is 6.65. The van der Waals surface area contributed by atoms with Crippen LogP contribution in [-0.2, 0) is 0 Å². The van der Waals surface area contributed by atoms with E-state index in [-0.39, 0.29) is 0 Å². The number of carbonyl (C=O) groups excluding carboxylic acids is 1. The number of rotatable bonds is 6. The number of carbonyl (C=O) groups is 1. The summed E-state index contributed by atoms with van der Waals surface area (Å²) in [4.78, 5) is 15.4. The quantitative estimate of drug-likeness (QED) is 0.791. The van der Waals surface area contributed by atoms with Gasteiger partial charge in [0.25, 0.3) is 5.91 Å². The van der Waals surface area contributed by atoms with Gasteiger partial charge in [0.2, 0.25) is 0 Å². The third kappa shape index (κ3) is 2.75. The second kappa shape index (κ2) is 4.73. The molecule has 0 unspecified atom stereocenters. The maximum atomic E-state index is 11.2. The predicted octanol–water partition coefficient (Wildman–Crippen LogP) is 2.17. The molecule has 4 nitrogen and oxygen atoms in total. The van der Waals surface area contributed by atoms with Crippen LogP contribution < -0.4 is 11.1 Å². The van der Waals surface area contributed by atoms with Gasteiger partial charge in [0, 0.05) is 12.7 Å². The molecule has 17 heavy (non-hydrogen) atoms. The van der Waals surface area contributed by atoms with Crippen molar-refractivity contribution < 1.29 is 4.79 Å². The van der Waals surface area contributed by atoms with Crippen LogP contribution in [0.3, 0.4) is 0 Å². The number of hydrogen-bond acceptors (Lipinski definition) is 3. The molecular weight excluding hydrogens is 214 g/mol. The predicted molar refractivity (Wildman–Crippen MR) is 67.8 cm³/mol. The number of nitrogens with zero attached hydrogens (tertiary/aromatic N) is 1. The molecule has 3 N–H and O–H groups in total. The van der Waals surface area contributed by atoms with Crippen molar-refractivity contribution >= 4 is 11.7 Å². The molecule has 0 spiro atoms. The lowest BCUT2D eigenvalue weighted by atomic mass is 10.0. The van der Waals surface area contributed by atoms with Gasteiger partial charge in [0.1, 0.15) is 5.82 Å². The van der Waals surface area contributed by atoms with Gasteiger partial charge in [-0.3, -0.25) is 4.79 Å². The zero-order valence-electron chi connectivity index (χ0n) is 10.2. The molecule has 4 heteroatoms. The van der Waals surface area contributed by atoms with Crippen molar-refractivity contribution in [2.75, 3.05) is 11.9 Å². The van der Waals surface area contributed by atoms with Crippen LogP contribution in [0.25, 0.3) is 0 Å². The molecule has 0 radical (unpaired) electrons. The van der Waals surface area contributed by atoms with E-state index in [1.807, 2.05) is 0 Å². The molecular formula is C13H19N3O. The Balaban J connectivity index is 2.02. The second-order valence-corrected chi connectivity index (χ2v) is 4.87. The Labute approximate surface area is 102 Å². The summed E-state index contributed by atoms with van der Waals surface area (Å²) in [6.45, 7) is 3.09. The molecule has 1 heterocycles. The Morgan fingerprint density at radius 1 is 1.59 bits per heavy atom. The molecule has 1 aromatic rings. The standard InChI is InChI=1S/C13H19N3O/c1-2-5-13(6-7-13)9-16-12-10(11(14)17)4-3-8-15-12/h3-4,8H,2,5-7,9H2,1H3,(H2,14,17)(H,15,16). The summed E-state index contributed by atoms with van der Waals surface area (Å²) in [5.41, 5.74) is 6.21. The molecule has 1 saturated carbocycles. The molecule has 0 atom stereocenters. The van der Waals surface area contributed by atoms with Crippen molar-refractivity contribution in [3.05, 3.63) is 23.9 Å². The average Bonchev–Trinajstić information content (AvgIpc) is 3.08. The number of nitrogens with one attached hydrogen (secondary N) is 1. The number of pyridine rings is 1. The fourth-order valence-electron chi connectivity index (χ4n) is 2.24. The molecule has 0 aromatic carbocycles. The summed E-state index contributed by atoms with van der Waals surface area (Å²) in [7, 11) is 0. The highest BCUT2D eigenvalue weighted by Gasteiger charge is 2.41. The topological polar surface area (TPSA) is 68.0 Å². The van der Waals surface area contributed by atoms with Gasteiger partial charge >= 0.3 is 0 Å². The molecule has 92 valence electrons. The van der Waals surface area contributed by atoms with E-state index in [0.29, 0.717) is 16.8 Å². The van der Waals surface area contributed by atoms with Gasteiger partial charge in [-0.2, -0.15) is 0 Å². The van der Waals surface area contributed by atoms with E-state index in [0.717, 1.165) is 6.54 Å². The first kappa shape index (κ1) is 11.9. The van der Waals surface area contributed by atoms with Crippen molar-refractivity contribution in [1.29, 1.82) is 0 Å². The first-order chi connectivity index (χ1) is 8.17. The molecule has 1 aromatic heterocycles. The van der Waals surface area contributed by atoms with Crippen LogP contribution in [0.1, 0.15) is 43.0 Å². The van der Waals surface area contributed by atoms with E-state index in [2.05, 4.69) is 17.2 Å². The van der Waals surface area contributed by atoms with E-state index in [4.69, 9.17) is 5.73 Å². The van der Waals surface area contributed by atoms with Crippen molar-refractivity contribution in [2.24, 2.45) is 11.1 Å². The fraction of sp³-hybridized carbons (Fsp3) is 0.538. The Kier molecular flexibility index (Phi) is 3.31. The maximum absolute atomic E-state index is 11.2. The van der Waals surface area contributed by atoms with Crippen molar-refractivity contribution in [3.63, 3.8) is 0 Å². The van der Waals surface area contributed by atoms with Crippen LogP contribution in [-0.4, -0.2) is 17.4 Å². The summed E-state index contributed by atoms with van der Waals surface area (Å²) in [5.74, 6) is 0.184. The highest BCUT2D eigenvalue weighted by molar-refractivity contribution is 5.97. The van der Waals surface area contributed by atoms with Crippen LogP contribution in [0.5, 0.6) is 0 Å². The van der Waals surface area contributed by atoms with E-state index in [1.54, 1.807) is 18.3 Å². The second-order valence-electron chi connectivity index (χ2n) is 4.87. The molecule has 0 saturated heterocycles. The van der Waals surface area contributed by atoms with Gasteiger partial charge in [0.15, 0.2) is 0 Å². The van der Waals surface area contributed by atoms with Crippen LogP contribution in [0.15, 0.2) is 18.3 Å². The van der Waals surface area contributed by atoms with Gasteiger partial charge < -0.3 is 11.1 Å². The van der Waals surface area contributed by atoms with Crippen molar-refractivity contribution in [1.82, 2.24) is 4.98 Å². The zero-order valence-corrected chi connectivity index (χ0v) is 10.2. The summed E-state index contributed by atoms with van der Waals surface area (Å²) in [5, 5.41) is 3.27. The van der Waals surface area contributed by atoms with E-state index < -0.39 is 5.91 Å². The lowest BCUT2D eigenvalue weighted by Crippen LogP contribution is -2.20. The van der Waals surface area contributed by atoms with Gasteiger partial charge in [-0.25, -0.2) is 4.98 Å². The normalized spacial score (nSPS) is 16.5. The number of hydrogen-bond donors (Lipinski definition) is 2. The summed E-state index contributed by atoms with van der Waals surface area (Å²) < 4.78 is 0. The van der Waals surface area contributed by atoms with E-state index in [1.165, 1.54) is 25.7 Å². The van der Waals surface area contributed by atoms with Gasteiger partial charge in [-0.05, 0) is 36.8 Å². The highest BCUT2D eigenvalue weighted by atomic mass is 16.1. The van der Waals surface area contributed by atoms with Gasteiger partial charge in [0.05, 0.1) is 5.56 Å². The van der Waals surface area contributed by atoms with E-state index in [9.17, 15) is 4.79 Å². The number of nitrogens with two attached hydrogens (primary N) is 1. The Morgan fingerprint density at radius 3 is 2.94 bits per heavy atom. The molecule has 2 rings (SSSR count). The van der Waals surface area contributed by atoms with Crippen LogP contribution in [0, 0.1) is 5.41 Å². The van der Waals surface area contributed by atoms with Crippen LogP contribution in [0.2, 0.25) is 0 Å². The number of primary amides is 1. The molecule has 1 fully saturated rings. The van der Waals surface area contributed by atoms with Crippen molar-refractivity contribution in [2.45, 2.75) is 32.6 Å². The highest BCUT2D eigenvalue weighted by Crippen LogP contribution is 2.49. The third-order valence-electron chi connectivity index (χ3n) is 3.44. The molecule has 1 aliphatic rings. The monoisotopic (exact) mass is 233 g/mol. The lowest BCUT2D eigenvalue weighted by molar-refractivity contribution is 0.100. The van der Waals surface area contributed by atoms with Crippen molar-refractivity contribution in [3.8, 4) is 0 Å². The minimum atomic E-state index is -0.430. The molecule has 0 aliphatic heterocycles. The molecule has 1 amide bonds. The lowest BCUT2D eigenvalue weighted by Gasteiger charge is -2.16. The minimum Gasteiger partial charge on any atom is -0.369 e. The average molecular weight is 233 g/mol. The number of aromatic nitrogens is 1. The maximum Gasteiger partial charge on any atom is 0.252 e. The largest absolute Gasteiger partial charge is 0.369 e. The number of amides is 1. The molecule has 0 bridgehead atoms. The summed E-state index contributed by atoms with van der Waals surface area (Å²) in [6, 6.07) is 3.43. The molecule has 1 aliphatic carbocycles. The SMILES string of the molecule is CCCC1(CNc2ncccc2C(N)=O)CC1. The van der Waals surface area contributed by atoms with Gasteiger partial charge in [-0.1, -0.05) is 13.3 Å². The number of anilines is 1. The Hall–Kier alpha value is -1.58. The zero-order chi connectivity index (χ0) is 12.3. The third-order valence-corrected chi connectivity index (χ3v) is 3.44. The smallest absolute Gasteiger partial charge is 0.252 e. The Morgan fingerprint density at radius 2 is 2.35 bits per heavy atom. The first-order valence-corrected chi connectivity index (χ1v) is 6.15. The first-order valence-electron chi connectivity index (χ1n) is 6.15. The minimum absolute atomic E-state index is 0.430. The van der Waals surface area contributed by atoms with Gasteiger partial charge in [-0.15, -0.1) is 0 Å². The van der Waals surface area contributed by atoms with Crippen LogP contribution >= 0.6 is 0 Å². The Bertz CT molecular complexity index is 413. The fourth-order valence-corrected chi connectivity index (χ4v) is 2.24. The summed E-state index contributed by atoms with van der Waals surface area (Å²) >= 11 is 0. The van der Waals surface area contributed by atoms with Crippen LogP contribution in [0.4, 0.5) is 5.82 Å². The van der Waals surface area contributed by atoms with E-state index >= 15 is 0 Å².